The highest BCUT2D eigenvalue weighted by Crippen LogP contribution is 2.30. The molecule has 0 amide bonds. The molecule has 0 aliphatic carbocycles. The molecule has 0 saturated carbocycles. The number of aliphatic carboxylic acids is 1. The summed E-state index contributed by atoms with van der Waals surface area (Å²) in [6.45, 7) is 1.62. The maximum atomic E-state index is 10.8. The number of carbonyl (C=O) groups is 1. The second-order valence-corrected chi connectivity index (χ2v) is 3.17. The van der Waals surface area contributed by atoms with Crippen LogP contribution in [0.1, 0.15) is 18.4 Å². The monoisotopic (exact) mass is 210 g/mol. The average molecular weight is 210 g/mol. The van der Waals surface area contributed by atoms with Crippen LogP contribution in [-0.2, 0) is 4.79 Å². The van der Waals surface area contributed by atoms with E-state index in [0.29, 0.717) is 17.1 Å². The van der Waals surface area contributed by atoms with Gasteiger partial charge < -0.3 is 14.6 Å². The molecule has 82 valence electrons. The fourth-order valence-corrected chi connectivity index (χ4v) is 1.31. The molecule has 0 fully saturated rings. The fraction of sp³-hybridized carbons (Fsp3) is 0.364. The van der Waals surface area contributed by atoms with Gasteiger partial charge in [-0.25, -0.2) is 0 Å². The number of rotatable bonds is 4. The van der Waals surface area contributed by atoms with E-state index in [1.54, 1.807) is 32.2 Å². The first kappa shape index (κ1) is 11.4. The minimum Gasteiger partial charge on any atom is -0.497 e. The summed E-state index contributed by atoms with van der Waals surface area (Å²) >= 11 is 0. The summed E-state index contributed by atoms with van der Waals surface area (Å²) in [5.74, 6) is -0.290. The standard InChI is InChI=1S/C11H14O4/c1-7(11(12)13)9-5-4-8(14-2)6-10(9)15-3/h4-7H,1-3H3,(H,12,13). The van der Waals surface area contributed by atoms with Crippen molar-refractivity contribution in [1.82, 2.24) is 0 Å². The Morgan fingerprint density at radius 2 is 2.00 bits per heavy atom. The van der Waals surface area contributed by atoms with Crippen LogP contribution in [0.5, 0.6) is 11.5 Å². The Kier molecular flexibility index (Phi) is 3.55. The molecule has 0 spiro atoms. The van der Waals surface area contributed by atoms with Crippen molar-refractivity contribution < 1.29 is 19.4 Å². The van der Waals surface area contributed by atoms with Crippen molar-refractivity contribution in [3.63, 3.8) is 0 Å². The lowest BCUT2D eigenvalue weighted by atomic mass is 10.0. The maximum Gasteiger partial charge on any atom is 0.310 e. The van der Waals surface area contributed by atoms with E-state index < -0.39 is 11.9 Å². The molecule has 0 aromatic heterocycles. The van der Waals surface area contributed by atoms with E-state index in [0.717, 1.165) is 0 Å². The molecular formula is C11H14O4. The molecule has 15 heavy (non-hydrogen) atoms. The summed E-state index contributed by atoms with van der Waals surface area (Å²) in [6, 6.07) is 5.10. The predicted octanol–water partition coefficient (Wildman–Crippen LogP) is 1.89. The molecule has 0 aliphatic rings. The third-order valence-corrected chi connectivity index (χ3v) is 2.28. The highest BCUT2D eigenvalue weighted by molar-refractivity contribution is 5.76. The van der Waals surface area contributed by atoms with Crippen molar-refractivity contribution in [2.75, 3.05) is 14.2 Å². The molecule has 1 N–H and O–H groups in total. The number of carboxylic acid groups (broad SMARTS) is 1. The van der Waals surface area contributed by atoms with Crippen molar-refractivity contribution >= 4 is 5.97 Å². The molecule has 0 bridgehead atoms. The van der Waals surface area contributed by atoms with Gasteiger partial charge in [0, 0.05) is 11.6 Å². The quantitative estimate of drug-likeness (QED) is 0.824. The fourth-order valence-electron chi connectivity index (χ4n) is 1.31. The highest BCUT2D eigenvalue weighted by Gasteiger charge is 2.18. The first-order chi connectivity index (χ1) is 7.10. The van der Waals surface area contributed by atoms with Crippen LogP contribution in [0.25, 0.3) is 0 Å². The van der Waals surface area contributed by atoms with Gasteiger partial charge in [-0.3, -0.25) is 4.79 Å². The Bertz CT molecular complexity index is 360. The van der Waals surface area contributed by atoms with E-state index >= 15 is 0 Å². The lowest BCUT2D eigenvalue weighted by Crippen LogP contribution is -2.08. The smallest absolute Gasteiger partial charge is 0.310 e. The molecule has 4 heteroatoms. The predicted molar refractivity (Wildman–Crippen MR) is 55.6 cm³/mol. The largest absolute Gasteiger partial charge is 0.497 e. The zero-order valence-electron chi connectivity index (χ0n) is 8.98. The third kappa shape index (κ3) is 2.40. The highest BCUT2D eigenvalue weighted by atomic mass is 16.5. The van der Waals surface area contributed by atoms with Gasteiger partial charge in [0.1, 0.15) is 11.5 Å². The SMILES string of the molecule is COc1ccc(C(C)C(=O)O)c(OC)c1. The van der Waals surface area contributed by atoms with E-state index in [1.807, 2.05) is 0 Å². The number of methoxy groups -OCH3 is 2. The zero-order chi connectivity index (χ0) is 11.4. The maximum absolute atomic E-state index is 10.8. The molecule has 0 heterocycles. The first-order valence-corrected chi connectivity index (χ1v) is 4.55. The molecule has 0 radical (unpaired) electrons. The number of ether oxygens (including phenoxy) is 2. The van der Waals surface area contributed by atoms with Crippen LogP contribution in [0.2, 0.25) is 0 Å². The van der Waals surface area contributed by atoms with E-state index in [1.165, 1.54) is 7.11 Å². The van der Waals surface area contributed by atoms with Gasteiger partial charge in [0.25, 0.3) is 0 Å². The van der Waals surface area contributed by atoms with Gasteiger partial charge in [0.05, 0.1) is 20.1 Å². The molecule has 4 nitrogen and oxygen atoms in total. The van der Waals surface area contributed by atoms with E-state index in [2.05, 4.69) is 0 Å². The summed E-state index contributed by atoms with van der Waals surface area (Å²) in [6.07, 6.45) is 0. The molecule has 0 saturated heterocycles. The van der Waals surface area contributed by atoms with Crippen molar-refractivity contribution in [1.29, 1.82) is 0 Å². The van der Waals surface area contributed by atoms with Crippen LogP contribution < -0.4 is 9.47 Å². The lowest BCUT2D eigenvalue weighted by Gasteiger charge is -2.13. The van der Waals surface area contributed by atoms with Gasteiger partial charge in [0.15, 0.2) is 0 Å². The molecule has 1 unspecified atom stereocenters. The number of hydrogen-bond donors (Lipinski definition) is 1. The van der Waals surface area contributed by atoms with Crippen LogP contribution in [0, 0.1) is 0 Å². The van der Waals surface area contributed by atoms with E-state index in [9.17, 15) is 4.79 Å². The number of benzene rings is 1. The Labute approximate surface area is 88.4 Å². The van der Waals surface area contributed by atoms with Crippen LogP contribution in [0.3, 0.4) is 0 Å². The third-order valence-electron chi connectivity index (χ3n) is 2.28. The summed E-state index contributed by atoms with van der Waals surface area (Å²) in [4.78, 5) is 10.8. The van der Waals surface area contributed by atoms with E-state index in [4.69, 9.17) is 14.6 Å². The van der Waals surface area contributed by atoms with Crippen molar-refractivity contribution in [3.8, 4) is 11.5 Å². The molecule has 1 atom stereocenters. The Balaban J connectivity index is 3.12. The van der Waals surface area contributed by atoms with Crippen molar-refractivity contribution in [2.24, 2.45) is 0 Å². The minimum absolute atomic E-state index is 0.532. The first-order valence-electron chi connectivity index (χ1n) is 4.55. The Morgan fingerprint density at radius 1 is 1.33 bits per heavy atom. The average Bonchev–Trinajstić information content (AvgIpc) is 2.27. The van der Waals surface area contributed by atoms with Gasteiger partial charge in [-0.15, -0.1) is 0 Å². The van der Waals surface area contributed by atoms with E-state index in [-0.39, 0.29) is 0 Å². The van der Waals surface area contributed by atoms with Gasteiger partial charge in [0.2, 0.25) is 0 Å². The van der Waals surface area contributed by atoms with Crippen LogP contribution in [-0.4, -0.2) is 25.3 Å². The minimum atomic E-state index is -0.876. The summed E-state index contributed by atoms with van der Waals surface area (Å²) in [5.41, 5.74) is 0.644. The summed E-state index contributed by atoms with van der Waals surface area (Å²) in [7, 11) is 3.06. The molecule has 1 aromatic carbocycles. The number of hydrogen-bond acceptors (Lipinski definition) is 3. The van der Waals surface area contributed by atoms with Crippen LogP contribution in [0.4, 0.5) is 0 Å². The number of carboxylic acids is 1. The summed E-state index contributed by atoms with van der Waals surface area (Å²) < 4.78 is 10.1. The summed E-state index contributed by atoms with van der Waals surface area (Å²) in [5, 5.41) is 8.90. The topological polar surface area (TPSA) is 55.8 Å². The van der Waals surface area contributed by atoms with Crippen molar-refractivity contribution in [3.05, 3.63) is 23.8 Å². The van der Waals surface area contributed by atoms with Crippen LogP contribution in [0.15, 0.2) is 18.2 Å². The van der Waals surface area contributed by atoms with Gasteiger partial charge in [-0.05, 0) is 13.0 Å². The van der Waals surface area contributed by atoms with Crippen LogP contribution >= 0.6 is 0 Å². The molecule has 1 aromatic rings. The Hall–Kier alpha value is -1.71. The Morgan fingerprint density at radius 3 is 2.47 bits per heavy atom. The lowest BCUT2D eigenvalue weighted by molar-refractivity contribution is -0.138. The second kappa shape index (κ2) is 4.68. The van der Waals surface area contributed by atoms with Gasteiger partial charge in [-0.2, -0.15) is 0 Å². The second-order valence-electron chi connectivity index (χ2n) is 3.17. The molecule has 1 rings (SSSR count). The molecular weight excluding hydrogens is 196 g/mol. The van der Waals surface area contributed by atoms with Gasteiger partial charge >= 0.3 is 5.97 Å². The van der Waals surface area contributed by atoms with Crippen molar-refractivity contribution in [2.45, 2.75) is 12.8 Å². The zero-order valence-corrected chi connectivity index (χ0v) is 8.98. The normalized spacial score (nSPS) is 11.9. The van der Waals surface area contributed by atoms with Gasteiger partial charge in [-0.1, -0.05) is 6.07 Å². The molecule has 0 aliphatic heterocycles.